The van der Waals surface area contributed by atoms with Gasteiger partial charge in [-0.1, -0.05) is 13.8 Å². The minimum Gasteiger partial charge on any atom is -0.481 e. The highest BCUT2D eigenvalue weighted by atomic mass is 32.2. The molecule has 180 valence electrons. The van der Waals surface area contributed by atoms with Crippen LogP contribution in [0.5, 0.6) is 5.88 Å². The van der Waals surface area contributed by atoms with Crippen LogP contribution in [0.15, 0.2) is 47.8 Å². The van der Waals surface area contributed by atoms with Crippen molar-refractivity contribution in [2.45, 2.75) is 24.8 Å². The summed E-state index contributed by atoms with van der Waals surface area (Å²) < 4.78 is 47.0. The molecule has 0 bridgehead atoms. The Morgan fingerprint density at radius 1 is 1.18 bits per heavy atom. The number of halogens is 1. The van der Waals surface area contributed by atoms with E-state index in [2.05, 4.69) is 20.5 Å². The fraction of sp³-hybridized carbons (Fsp3) is 0.273. The van der Waals surface area contributed by atoms with E-state index in [0.29, 0.717) is 28.3 Å². The standard InChI is InChI=1S/C22H25FN6O4S/c1-13(2)17-9-15(23)10-18(14-6-7-24-19(8-14)33-5)21(17)26-22(30)28-34(31,32)20-11-16(29(3)4)12-25-27-20/h6-13H,1-5H3,(H2,26,28,30). The predicted molar refractivity (Wildman–Crippen MR) is 126 cm³/mol. The lowest BCUT2D eigenvalue weighted by molar-refractivity contribution is 0.256. The van der Waals surface area contributed by atoms with Crippen LogP contribution in [0, 0.1) is 5.82 Å². The van der Waals surface area contributed by atoms with Crippen molar-refractivity contribution in [3.8, 4) is 17.0 Å². The van der Waals surface area contributed by atoms with Crippen LogP contribution in [0.2, 0.25) is 0 Å². The summed E-state index contributed by atoms with van der Waals surface area (Å²) in [5.74, 6) is -0.401. The Morgan fingerprint density at radius 3 is 2.56 bits per heavy atom. The van der Waals surface area contributed by atoms with E-state index in [9.17, 15) is 17.6 Å². The molecule has 0 unspecified atom stereocenters. The first-order valence-corrected chi connectivity index (χ1v) is 11.7. The summed E-state index contributed by atoms with van der Waals surface area (Å²) in [6.07, 6.45) is 2.88. The number of carbonyl (C=O) groups is 1. The third-order valence-corrected chi connectivity index (χ3v) is 6.09. The van der Waals surface area contributed by atoms with Crippen LogP contribution in [0.1, 0.15) is 25.3 Å². The average molecular weight is 489 g/mol. The smallest absolute Gasteiger partial charge is 0.333 e. The molecule has 3 rings (SSSR count). The molecule has 0 fully saturated rings. The summed E-state index contributed by atoms with van der Waals surface area (Å²) >= 11 is 0. The first-order chi connectivity index (χ1) is 16.0. The molecule has 0 saturated heterocycles. The zero-order valence-corrected chi connectivity index (χ0v) is 20.1. The van der Waals surface area contributed by atoms with Crippen LogP contribution in [0.25, 0.3) is 11.1 Å². The molecule has 12 heteroatoms. The maximum Gasteiger partial charge on any atom is 0.333 e. The van der Waals surface area contributed by atoms with Crippen molar-refractivity contribution < 1.29 is 22.3 Å². The second-order valence-corrected chi connectivity index (χ2v) is 9.49. The number of aromatic nitrogens is 3. The maximum absolute atomic E-state index is 14.5. The molecule has 0 saturated carbocycles. The van der Waals surface area contributed by atoms with Crippen molar-refractivity contribution in [2.75, 3.05) is 31.4 Å². The summed E-state index contributed by atoms with van der Waals surface area (Å²) in [6.45, 7) is 3.65. The fourth-order valence-electron chi connectivity index (χ4n) is 3.17. The number of carbonyl (C=O) groups excluding carboxylic acids is 1. The Hall–Kier alpha value is -3.80. The van der Waals surface area contributed by atoms with E-state index in [-0.39, 0.29) is 11.6 Å². The van der Waals surface area contributed by atoms with E-state index in [4.69, 9.17) is 4.74 Å². The molecule has 2 amide bonds. The van der Waals surface area contributed by atoms with E-state index in [1.54, 1.807) is 31.1 Å². The molecule has 1 aromatic carbocycles. The summed E-state index contributed by atoms with van der Waals surface area (Å²) in [4.78, 5) is 18.5. The van der Waals surface area contributed by atoms with Crippen molar-refractivity contribution >= 4 is 27.4 Å². The van der Waals surface area contributed by atoms with E-state index >= 15 is 0 Å². The fourth-order valence-corrected chi connectivity index (χ4v) is 4.00. The molecule has 0 spiro atoms. The number of urea groups is 1. The van der Waals surface area contributed by atoms with Gasteiger partial charge in [-0.2, -0.15) is 13.5 Å². The summed E-state index contributed by atoms with van der Waals surface area (Å²) in [5, 5.41) is 9.45. The third kappa shape index (κ3) is 5.57. The molecule has 3 aromatic rings. The highest BCUT2D eigenvalue weighted by Crippen LogP contribution is 2.36. The van der Waals surface area contributed by atoms with Gasteiger partial charge in [0.25, 0.3) is 10.0 Å². The first-order valence-electron chi connectivity index (χ1n) is 10.2. The van der Waals surface area contributed by atoms with Crippen LogP contribution in [-0.4, -0.2) is 50.8 Å². The summed E-state index contributed by atoms with van der Waals surface area (Å²) in [7, 11) is 0.543. The Kier molecular flexibility index (Phi) is 7.30. The number of sulfonamides is 1. The van der Waals surface area contributed by atoms with Gasteiger partial charge in [0.1, 0.15) is 5.82 Å². The van der Waals surface area contributed by atoms with Gasteiger partial charge < -0.3 is 15.0 Å². The van der Waals surface area contributed by atoms with Crippen LogP contribution in [-0.2, 0) is 10.0 Å². The molecular formula is C22H25FN6O4S. The van der Waals surface area contributed by atoms with Crippen LogP contribution < -0.4 is 19.7 Å². The van der Waals surface area contributed by atoms with Crippen molar-refractivity contribution in [3.63, 3.8) is 0 Å². The molecule has 0 aliphatic heterocycles. The van der Waals surface area contributed by atoms with Gasteiger partial charge in [-0.3, -0.25) is 0 Å². The summed E-state index contributed by atoms with van der Waals surface area (Å²) in [6, 6.07) is 6.01. The number of methoxy groups -OCH3 is 1. The molecule has 2 heterocycles. The number of rotatable bonds is 7. The van der Waals surface area contributed by atoms with E-state index in [1.807, 2.05) is 18.6 Å². The van der Waals surface area contributed by atoms with Crippen LogP contribution in [0.3, 0.4) is 0 Å². The molecule has 0 atom stereocenters. The van der Waals surface area contributed by atoms with Crippen LogP contribution >= 0.6 is 0 Å². The number of amides is 2. The molecule has 2 aromatic heterocycles. The number of nitrogens with zero attached hydrogens (tertiary/aromatic N) is 4. The Labute approximate surface area is 197 Å². The number of benzene rings is 1. The number of anilines is 2. The van der Waals surface area contributed by atoms with Gasteiger partial charge in [-0.05, 0) is 35.2 Å². The zero-order chi connectivity index (χ0) is 25.0. The molecule has 34 heavy (non-hydrogen) atoms. The second-order valence-electron chi connectivity index (χ2n) is 7.87. The number of ether oxygens (including phenoxy) is 1. The van der Waals surface area contributed by atoms with Gasteiger partial charge in [0.15, 0.2) is 5.03 Å². The number of pyridine rings is 1. The molecule has 2 N–H and O–H groups in total. The molecular weight excluding hydrogens is 463 g/mol. The van der Waals surface area contributed by atoms with Gasteiger partial charge >= 0.3 is 6.03 Å². The minimum absolute atomic E-state index is 0.187. The highest BCUT2D eigenvalue weighted by Gasteiger charge is 2.23. The van der Waals surface area contributed by atoms with Crippen LogP contribution in [0.4, 0.5) is 20.6 Å². The summed E-state index contributed by atoms with van der Waals surface area (Å²) in [5.41, 5.74) is 2.09. The molecule has 0 aliphatic carbocycles. The molecule has 10 nitrogen and oxygen atoms in total. The minimum atomic E-state index is -4.33. The monoisotopic (exact) mass is 488 g/mol. The average Bonchev–Trinajstić information content (AvgIpc) is 2.79. The van der Waals surface area contributed by atoms with Gasteiger partial charge in [0.05, 0.1) is 24.7 Å². The Morgan fingerprint density at radius 2 is 1.91 bits per heavy atom. The number of hydrogen-bond donors (Lipinski definition) is 2. The van der Waals surface area contributed by atoms with Gasteiger partial charge in [0, 0.05) is 38.0 Å². The number of nitrogens with one attached hydrogen (secondary N) is 2. The largest absolute Gasteiger partial charge is 0.481 e. The number of hydrogen-bond acceptors (Lipinski definition) is 8. The SMILES string of the molecule is COc1cc(-c2cc(F)cc(C(C)C)c2NC(=O)NS(=O)(=O)c2cc(N(C)C)cnn2)ccn1. The predicted octanol–water partition coefficient (Wildman–Crippen LogP) is 3.39. The van der Waals surface area contributed by atoms with Gasteiger partial charge in [-0.25, -0.2) is 18.9 Å². The van der Waals surface area contributed by atoms with Crippen molar-refractivity contribution in [3.05, 3.63) is 54.1 Å². The normalized spacial score (nSPS) is 11.3. The quantitative estimate of drug-likeness (QED) is 0.518. The molecule has 0 radical (unpaired) electrons. The topological polar surface area (TPSA) is 126 Å². The Balaban J connectivity index is 1.99. The van der Waals surface area contributed by atoms with Crippen molar-refractivity contribution in [2.24, 2.45) is 0 Å². The first kappa shape index (κ1) is 24.8. The van der Waals surface area contributed by atoms with Crippen molar-refractivity contribution in [1.29, 1.82) is 0 Å². The third-order valence-electron chi connectivity index (χ3n) is 4.89. The van der Waals surface area contributed by atoms with Gasteiger partial charge in [-0.15, -0.1) is 5.10 Å². The highest BCUT2D eigenvalue weighted by molar-refractivity contribution is 7.90. The molecule has 0 aliphatic rings. The zero-order valence-electron chi connectivity index (χ0n) is 19.3. The Bertz CT molecular complexity index is 1310. The lowest BCUT2D eigenvalue weighted by Crippen LogP contribution is -2.35. The van der Waals surface area contributed by atoms with E-state index < -0.39 is 26.9 Å². The van der Waals surface area contributed by atoms with Gasteiger partial charge in [0.2, 0.25) is 5.88 Å². The second kappa shape index (κ2) is 10.00. The van der Waals surface area contributed by atoms with E-state index in [0.717, 1.165) is 0 Å². The maximum atomic E-state index is 14.5. The lowest BCUT2D eigenvalue weighted by atomic mass is 9.94. The lowest BCUT2D eigenvalue weighted by Gasteiger charge is -2.19. The van der Waals surface area contributed by atoms with E-state index in [1.165, 1.54) is 37.7 Å². The van der Waals surface area contributed by atoms with Crippen molar-refractivity contribution in [1.82, 2.24) is 19.9 Å².